The lowest BCUT2D eigenvalue weighted by atomic mass is 10.1. The topological polar surface area (TPSA) is 29.5 Å². The summed E-state index contributed by atoms with van der Waals surface area (Å²) in [5, 5.41) is 9.33. The van der Waals surface area contributed by atoms with Crippen molar-refractivity contribution in [3.8, 4) is 0 Å². The molecule has 1 N–H and O–H groups in total. The summed E-state index contributed by atoms with van der Waals surface area (Å²) in [5.41, 5.74) is 0. The van der Waals surface area contributed by atoms with Gasteiger partial charge < -0.3 is 9.84 Å². The van der Waals surface area contributed by atoms with Crippen molar-refractivity contribution in [3.05, 3.63) is 0 Å². The number of rotatable bonds is 8. The summed E-state index contributed by atoms with van der Waals surface area (Å²) in [6.07, 6.45) is 6.07. The molecule has 0 aliphatic heterocycles. The lowest BCUT2D eigenvalue weighted by molar-refractivity contribution is -0.140. The molecule has 2 nitrogen and oxygen atoms in total. The molecule has 0 aromatic heterocycles. The monoisotopic (exact) mass is 188 g/mol. The van der Waals surface area contributed by atoms with Crippen molar-refractivity contribution in [2.75, 3.05) is 0 Å². The normalized spacial score (nSPS) is 15.7. The second-order valence-electron chi connectivity index (χ2n) is 3.55. The first kappa shape index (κ1) is 12.9. The predicted octanol–water partition coefficient (Wildman–Crippen LogP) is 3.09. The molecule has 0 rings (SSSR count). The van der Waals surface area contributed by atoms with Crippen molar-refractivity contribution in [2.45, 2.75) is 71.7 Å². The average Bonchev–Trinajstić information content (AvgIpc) is 2.14. The number of aliphatic hydroxyl groups is 1. The van der Waals surface area contributed by atoms with E-state index in [1.165, 1.54) is 12.8 Å². The first-order chi connectivity index (χ1) is 6.24. The van der Waals surface area contributed by atoms with Crippen molar-refractivity contribution in [1.82, 2.24) is 0 Å². The molecule has 0 saturated heterocycles. The third kappa shape index (κ3) is 7.03. The van der Waals surface area contributed by atoms with Crippen LogP contribution in [0.1, 0.15) is 59.3 Å². The Hall–Kier alpha value is -0.0800. The first-order valence-electron chi connectivity index (χ1n) is 5.58. The fourth-order valence-corrected chi connectivity index (χ4v) is 1.35. The Morgan fingerprint density at radius 3 is 2.23 bits per heavy atom. The van der Waals surface area contributed by atoms with Gasteiger partial charge in [0.2, 0.25) is 0 Å². The number of unbranched alkanes of at least 4 members (excludes halogenated alkanes) is 1. The van der Waals surface area contributed by atoms with Gasteiger partial charge in [-0.05, 0) is 19.3 Å². The van der Waals surface area contributed by atoms with Crippen LogP contribution in [-0.2, 0) is 4.74 Å². The van der Waals surface area contributed by atoms with E-state index in [0.717, 1.165) is 19.3 Å². The van der Waals surface area contributed by atoms with Gasteiger partial charge in [-0.15, -0.1) is 0 Å². The van der Waals surface area contributed by atoms with E-state index in [2.05, 4.69) is 13.8 Å². The van der Waals surface area contributed by atoms with Crippen LogP contribution in [0.5, 0.6) is 0 Å². The molecule has 80 valence electrons. The van der Waals surface area contributed by atoms with E-state index in [1.807, 2.05) is 6.92 Å². The minimum Gasteiger partial charge on any atom is -0.368 e. The van der Waals surface area contributed by atoms with E-state index in [4.69, 9.17) is 4.74 Å². The Morgan fingerprint density at radius 2 is 1.77 bits per heavy atom. The molecular formula is C11H24O2. The summed E-state index contributed by atoms with van der Waals surface area (Å²) < 4.78 is 5.50. The largest absolute Gasteiger partial charge is 0.368 e. The van der Waals surface area contributed by atoms with Gasteiger partial charge in [0.05, 0.1) is 6.10 Å². The maximum absolute atomic E-state index is 9.33. The molecule has 2 atom stereocenters. The zero-order chi connectivity index (χ0) is 10.1. The minimum atomic E-state index is -0.562. The van der Waals surface area contributed by atoms with Gasteiger partial charge in [-0.3, -0.25) is 0 Å². The van der Waals surface area contributed by atoms with Gasteiger partial charge in [-0.25, -0.2) is 0 Å². The van der Waals surface area contributed by atoms with E-state index in [9.17, 15) is 5.11 Å². The van der Waals surface area contributed by atoms with Crippen molar-refractivity contribution < 1.29 is 9.84 Å². The molecule has 0 spiro atoms. The smallest absolute Gasteiger partial charge is 0.154 e. The van der Waals surface area contributed by atoms with Crippen LogP contribution >= 0.6 is 0 Å². The van der Waals surface area contributed by atoms with Crippen LogP contribution in [0.25, 0.3) is 0 Å². The highest BCUT2D eigenvalue weighted by Crippen LogP contribution is 2.13. The molecule has 0 aliphatic rings. The molecule has 0 aromatic rings. The van der Waals surface area contributed by atoms with Gasteiger partial charge in [-0.1, -0.05) is 40.0 Å². The fraction of sp³-hybridized carbons (Fsp3) is 1.00. The van der Waals surface area contributed by atoms with Crippen molar-refractivity contribution >= 4 is 0 Å². The van der Waals surface area contributed by atoms with Crippen molar-refractivity contribution in [3.63, 3.8) is 0 Å². The average molecular weight is 188 g/mol. The SMILES string of the molecule is CCCCC(CCC)OC(O)CC. The van der Waals surface area contributed by atoms with Gasteiger partial charge in [0, 0.05) is 0 Å². The molecule has 2 unspecified atom stereocenters. The Labute approximate surface area is 82.3 Å². The van der Waals surface area contributed by atoms with Crippen LogP contribution in [0.2, 0.25) is 0 Å². The number of hydrogen-bond acceptors (Lipinski definition) is 2. The summed E-state index contributed by atoms with van der Waals surface area (Å²) >= 11 is 0. The summed E-state index contributed by atoms with van der Waals surface area (Å²) in [7, 11) is 0. The third-order valence-corrected chi connectivity index (χ3v) is 2.19. The van der Waals surface area contributed by atoms with E-state index < -0.39 is 6.29 Å². The number of hydrogen-bond donors (Lipinski definition) is 1. The molecule has 0 saturated carbocycles. The highest BCUT2D eigenvalue weighted by atomic mass is 16.6. The molecule has 0 amide bonds. The third-order valence-electron chi connectivity index (χ3n) is 2.19. The molecule has 0 radical (unpaired) electrons. The van der Waals surface area contributed by atoms with Gasteiger partial charge in [-0.2, -0.15) is 0 Å². The van der Waals surface area contributed by atoms with Crippen molar-refractivity contribution in [2.24, 2.45) is 0 Å². The van der Waals surface area contributed by atoms with Gasteiger partial charge in [0.25, 0.3) is 0 Å². The first-order valence-corrected chi connectivity index (χ1v) is 5.58. The minimum absolute atomic E-state index is 0.264. The molecule has 0 aliphatic carbocycles. The van der Waals surface area contributed by atoms with Crippen LogP contribution in [0.15, 0.2) is 0 Å². The zero-order valence-corrected chi connectivity index (χ0v) is 9.25. The maximum Gasteiger partial charge on any atom is 0.154 e. The summed E-state index contributed by atoms with van der Waals surface area (Å²) in [6, 6.07) is 0. The highest BCUT2D eigenvalue weighted by Gasteiger charge is 2.11. The van der Waals surface area contributed by atoms with Crippen LogP contribution in [0.4, 0.5) is 0 Å². The Kier molecular flexibility index (Phi) is 8.46. The standard InChI is InChI=1S/C11H24O2/c1-4-7-9-10(8-5-2)13-11(12)6-3/h10-12H,4-9H2,1-3H3. The quantitative estimate of drug-likeness (QED) is 0.593. The molecule has 13 heavy (non-hydrogen) atoms. The van der Waals surface area contributed by atoms with Gasteiger partial charge in [0.1, 0.15) is 0 Å². The Morgan fingerprint density at radius 1 is 1.08 bits per heavy atom. The fourth-order valence-electron chi connectivity index (χ4n) is 1.35. The van der Waals surface area contributed by atoms with Gasteiger partial charge >= 0.3 is 0 Å². The molecule has 0 bridgehead atoms. The molecular weight excluding hydrogens is 164 g/mol. The van der Waals surface area contributed by atoms with E-state index >= 15 is 0 Å². The Bertz CT molecular complexity index is 104. The van der Waals surface area contributed by atoms with Crippen LogP contribution < -0.4 is 0 Å². The molecule has 0 aromatic carbocycles. The zero-order valence-electron chi connectivity index (χ0n) is 9.25. The Balaban J connectivity index is 3.65. The summed E-state index contributed by atoms with van der Waals surface area (Å²) in [5.74, 6) is 0. The summed E-state index contributed by atoms with van der Waals surface area (Å²) in [6.45, 7) is 6.27. The predicted molar refractivity (Wildman–Crippen MR) is 55.6 cm³/mol. The molecule has 0 fully saturated rings. The van der Waals surface area contributed by atoms with Crippen LogP contribution in [0.3, 0.4) is 0 Å². The van der Waals surface area contributed by atoms with E-state index in [1.54, 1.807) is 0 Å². The summed E-state index contributed by atoms with van der Waals surface area (Å²) in [4.78, 5) is 0. The number of aliphatic hydroxyl groups excluding tert-OH is 1. The van der Waals surface area contributed by atoms with Crippen LogP contribution in [-0.4, -0.2) is 17.5 Å². The lowest BCUT2D eigenvalue weighted by Gasteiger charge is -2.20. The molecule has 2 heteroatoms. The van der Waals surface area contributed by atoms with Crippen LogP contribution in [0, 0.1) is 0 Å². The number of ether oxygens (including phenoxy) is 1. The molecule has 0 heterocycles. The van der Waals surface area contributed by atoms with E-state index in [0.29, 0.717) is 6.42 Å². The maximum atomic E-state index is 9.33. The van der Waals surface area contributed by atoms with E-state index in [-0.39, 0.29) is 6.10 Å². The second-order valence-corrected chi connectivity index (χ2v) is 3.55. The van der Waals surface area contributed by atoms with Crippen molar-refractivity contribution in [1.29, 1.82) is 0 Å². The highest BCUT2D eigenvalue weighted by molar-refractivity contribution is 4.58. The second kappa shape index (κ2) is 8.52. The lowest BCUT2D eigenvalue weighted by Crippen LogP contribution is -2.21. The van der Waals surface area contributed by atoms with Gasteiger partial charge in [0.15, 0.2) is 6.29 Å².